The normalized spacial score (nSPS) is 18.3. The number of methoxy groups -OCH3 is 2. The molecule has 18 heavy (non-hydrogen) atoms. The zero-order valence-electron chi connectivity index (χ0n) is 11.3. The third-order valence-electron chi connectivity index (χ3n) is 4.10. The van der Waals surface area contributed by atoms with E-state index in [0.29, 0.717) is 6.54 Å². The molecule has 1 atom stereocenters. The van der Waals surface area contributed by atoms with Crippen LogP contribution >= 0.6 is 0 Å². The molecule has 1 aromatic carbocycles. The molecule has 4 heteroatoms. The van der Waals surface area contributed by atoms with E-state index in [1.807, 2.05) is 19.1 Å². The molecule has 1 aromatic rings. The predicted octanol–water partition coefficient (Wildman–Crippen LogP) is 1.75. The lowest BCUT2D eigenvalue weighted by molar-refractivity contribution is 0.364. The van der Waals surface area contributed by atoms with Crippen LogP contribution in [0.25, 0.3) is 0 Å². The molecule has 4 N–H and O–H groups in total. The van der Waals surface area contributed by atoms with Crippen LogP contribution in [0.5, 0.6) is 11.5 Å². The summed E-state index contributed by atoms with van der Waals surface area (Å²) in [5.74, 6) is 1.64. The quantitative estimate of drug-likeness (QED) is 0.835. The Morgan fingerprint density at radius 3 is 2.39 bits per heavy atom. The van der Waals surface area contributed by atoms with Gasteiger partial charge in [0.05, 0.1) is 14.2 Å². The summed E-state index contributed by atoms with van der Waals surface area (Å²) in [6, 6.07) is 3.87. The van der Waals surface area contributed by atoms with Gasteiger partial charge in [0.15, 0.2) is 0 Å². The lowest BCUT2D eigenvalue weighted by Crippen LogP contribution is -2.30. The fraction of sp³-hybridized carbons (Fsp3) is 0.571. The zero-order valence-corrected chi connectivity index (χ0v) is 11.3. The van der Waals surface area contributed by atoms with E-state index < -0.39 is 0 Å². The Bertz CT molecular complexity index is 442. The fourth-order valence-corrected chi connectivity index (χ4v) is 2.56. The summed E-state index contributed by atoms with van der Waals surface area (Å²) in [5, 5.41) is 0. The molecule has 0 heterocycles. The summed E-state index contributed by atoms with van der Waals surface area (Å²) in [4.78, 5) is 0. The van der Waals surface area contributed by atoms with Crippen LogP contribution in [0.4, 0.5) is 0 Å². The van der Waals surface area contributed by atoms with Crippen LogP contribution in [0.15, 0.2) is 12.1 Å². The standard InChI is InChI=1S/C14H22N2O2/c1-9-11(17-2)5-4-10(12(9)18-3)13(16)14(8-15)6-7-14/h4-5,13H,6-8,15-16H2,1-3H3. The van der Waals surface area contributed by atoms with Gasteiger partial charge in [-0.15, -0.1) is 0 Å². The topological polar surface area (TPSA) is 70.5 Å². The Morgan fingerprint density at radius 1 is 1.28 bits per heavy atom. The monoisotopic (exact) mass is 250 g/mol. The molecule has 0 bridgehead atoms. The van der Waals surface area contributed by atoms with Crippen LogP contribution < -0.4 is 20.9 Å². The van der Waals surface area contributed by atoms with Gasteiger partial charge in [0.25, 0.3) is 0 Å². The molecule has 100 valence electrons. The molecule has 1 saturated carbocycles. The number of ether oxygens (including phenoxy) is 2. The van der Waals surface area contributed by atoms with Crippen molar-refractivity contribution in [3.63, 3.8) is 0 Å². The first-order chi connectivity index (χ1) is 8.59. The van der Waals surface area contributed by atoms with Gasteiger partial charge in [-0.1, -0.05) is 6.07 Å². The summed E-state index contributed by atoms with van der Waals surface area (Å²) < 4.78 is 10.8. The third kappa shape index (κ3) is 1.95. The lowest BCUT2D eigenvalue weighted by Gasteiger charge is -2.25. The molecule has 0 amide bonds. The molecule has 4 nitrogen and oxygen atoms in total. The molecule has 1 aliphatic rings. The Morgan fingerprint density at radius 2 is 1.94 bits per heavy atom. The van der Waals surface area contributed by atoms with Crippen molar-refractivity contribution in [3.05, 3.63) is 23.3 Å². The van der Waals surface area contributed by atoms with E-state index in [-0.39, 0.29) is 11.5 Å². The van der Waals surface area contributed by atoms with Gasteiger partial charge in [-0.05, 0) is 32.4 Å². The molecule has 1 fully saturated rings. The number of benzene rings is 1. The van der Waals surface area contributed by atoms with Crippen molar-refractivity contribution >= 4 is 0 Å². The smallest absolute Gasteiger partial charge is 0.130 e. The number of hydrogen-bond acceptors (Lipinski definition) is 4. The molecule has 2 rings (SSSR count). The predicted molar refractivity (Wildman–Crippen MR) is 71.9 cm³/mol. The molecule has 1 aliphatic carbocycles. The second-order valence-corrected chi connectivity index (χ2v) is 5.06. The van der Waals surface area contributed by atoms with E-state index in [1.165, 1.54) is 0 Å². The fourth-order valence-electron chi connectivity index (χ4n) is 2.56. The van der Waals surface area contributed by atoms with Crippen LogP contribution in [-0.4, -0.2) is 20.8 Å². The van der Waals surface area contributed by atoms with E-state index in [9.17, 15) is 0 Å². The van der Waals surface area contributed by atoms with Crippen molar-refractivity contribution in [1.29, 1.82) is 0 Å². The maximum atomic E-state index is 6.38. The maximum Gasteiger partial charge on any atom is 0.130 e. The highest BCUT2D eigenvalue weighted by molar-refractivity contribution is 5.51. The summed E-state index contributed by atoms with van der Waals surface area (Å²) in [6.07, 6.45) is 2.19. The van der Waals surface area contributed by atoms with Gasteiger partial charge in [0.1, 0.15) is 11.5 Å². The molecule has 0 aliphatic heterocycles. The van der Waals surface area contributed by atoms with E-state index >= 15 is 0 Å². The maximum absolute atomic E-state index is 6.38. The largest absolute Gasteiger partial charge is 0.496 e. The highest BCUT2D eigenvalue weighted by Gasteiger charge is 2.48. The number of hydrogen-bond donors (Lipinski definition) is 2. The molecular formula is C14H22N2O2. The molecule has 0 radical (unpaired) electrons. The van der Waals surface area contributed by atoms with Gasteiger partial charge in [-0.2, -0.15) is 0 Å². The first-order valence-electron chi connectivity index (χ1n) is 6.27. The van der Waals surface area contributed by atoms with Gasteiger partial charge >= 0.3 is 0 Å². The SMILES string of the molecule is COc1ccc(C(N)C2(CN)CC2)c(OC)c1C. The highest BCUT2D eigenvalue weighted by Crippen LogP contribution is 2.54. The average Bonchev–Trinajstić information content (AvgIpc) is 3.18. The summed E-state index contributed by atoms with van der Waals surface area (Å²) in [7, 11) is 3.32. The van der Waals surface area contributed by atoms with Crippen LogP contribution in [0.3, 0.4) is 0 Å². The van der Waals surface area contributed by atoms with Crippen LogP contribution in [-0.2, 0) is 0 Å². The Balaban J connectivity index is 2.42. The van der Waals surface area contributed by atoms with Crippen molar-refractivity contribution < 1.29 is 9.47 Å². The van der Waals surface area contributed by atoms with Gasteiger partial charge in [-0.3, -0.25) is 0 Å². The van der Waals surface area contributed by atoms with Gasteiger partial charge in [0, 0.05) is 22.6 Å². The molecular weight excluding hydrogens is 228 g/mol. The molecule has 1 unspecified atom stereocenters. The van der Waals surface area contributed by atoms with Gasteiger partial charge in [0.2, 0.25) is 0 Å². The Hall–Kier alpha value is -1.26. The minimum Gasteiger partial charge on any atom is -0.496 e. The van der Waals surface area contributed by atoms with Crippen molar-refractivity contribution in [3.8, 4) is 11.5 Å². The third-order valence-corrected chi connectivity index (χ3v) is 4.10. The highest BCUT2D eigenvalue weighted by atomic mass is 16.5. The van der Waals surface area contributed by atoms with E-state index in [0.717, 1.165) is 35.5 Å². The first kappa shape index (κ1) is 13.2. The Kier molecular flexibility index (Phi) is 3.50. The summed E-state index contributed by atoms with van der Waals surface area (Å²) in [5.41, 5.74) is 14.3. The molecule has 0 saturated heterocycles. The second-order valence-electron chi connectivity index (χ2n) is 5.06. The molecule has 0 aromatic heterocycles. The summed E-state index contributed by atoms with van der Waals surface area (Å²) >= 11 is 0. The van der Waals surface area contributed by atoms with Crippen LogP contribution in [0.2, 0.25) is 0 Å². The van der Waals surface area contributed by atoms with Crippen molar-refractivity contribution in [2.24, 2.45) is 16.9 Å². The summed E-state index contributed by atoms with van der Waals surface area (Å²) in [6.45, 7) is 2.61. The number of rotatable bonds is 5. The minimum absolute atomic E-state index is 0.0638. The van der Waals surface area contributed by atoms with E-state index in [2.05, 4.69) is 0 Å². The van der Waals surface area contributed by atoms with Crippen LogP contribution in [0.1, 0.15) is 30.0 Å². The molecule has 0 spiro atoms. The van der Waals surface area contributed by atoms with E-state index in [1.54, 1.807) is 14.2 Å². The average molecular weight is 250 g/mol. The zero-order chi connectivity index (χ0) is 13.3. The lowest BCUT2D eigenvalue weighted by atomic mass is 9.89. The first-order valence-corrected chi connectivity index (χ1v) is 6.27. The van der Waals surface area contributed by atoms with Crippen molar-refractivity contribution in [2.75, 3.05) is 20.8 Å². The minimum atomic E-state index is -0.0675. The van der Waals surface area contributed by atoms with Gasteiger partial charge < -0.3 is 20.9 Å². The van der Waals surface area contributed by atoms with E-state index in [4.69, 9.17) is 20.9 Å². The number of nitrogens with two attached hydrogens (primary N) is 2. The Labute approximate surface area is 108 Å². The van der Waals surface area contributed by atoms with Crippen LogP contribution in [0, 0.1) is 12.3 Å². The van der Waals surface area contributed by atoms with Gasteiger partial charge in [-0.25, -0.2) is 0 Å². The van der Waals surface area contributed by atoms with Crippen molar-refractivity contribution in [2.45, 2.75) is 25.8 Å². The van der Waals surface area contributed by atoms with Crippen molar-refractivity contribution in [1.82, 2.24) is 0 Å². The second kappa shape index (κ2) is 4.78.